The predicted octanol–water partition coefficient (Wildman–Crippen LogP) is 5.05. The van der Waals surface area contributed by atoms with E-state index in [1.807, 2.05) is 5.38 Å². The van der Waals surface area contributed by atoms with Crippen LogP contribution in [-0.4, -0.2) is 48.9 Å². The first kappa shape index (κ1) is 22.7. The zero-order valence-electron chi connectivity index (χ0n) is 18.4. The van der Waals surface area contributed by atoms with Gasteiger partial charge in [0.1, 0.15) is 4.21 Å². The zero-order valence-corrected chi connectivity index (χ0v) is 20.9. The first-order valence-corrected chi connectivity index (χ1v) is 13.6. The van der Waals surface area contributed by atoms with Crippen molar-refractivity contribution in [3.05, 3.63) is 46.8 Å². The Hall–Kier alpha value is -1.48. The van der Waals surface area contributed by atoms with Crippen molar-refractivity contribution in [2.24, 2.45) is 5.41 Å². The largest absolute Gasteiger partial charge is 0.348 e. The summed E-state index contributed by atoms with van der Waals surface area (Å²) in [5.74, 6) is 0.421. The second-order valence-electron chi connectivity index (χ2n) is 9.13. The van der Waals surface area contributed by atoms with Crippen LogP contribution in [0.3, 0.4) is 0 Å². The van der Waals surface area contributed by atoms with Crippen molar-refractivity contribution in [2.45, 2.75) is 50.2 Å². The number of sulfonamides is 1. The Morgan fingerprint density at radius 3 is 2.48 bits per heavy atom. The number of hydrogen-bond donors (Lipinski definition) is 1. The molecule has 0 saturated carbocycles. The lowest BCUT2D eigenvalue weighted by Gasteiger charge is -2.38. The normalized spacial score (nSPS) is 19.3. The van der Waals surface area contributed by atoms with Crippen LogP contribution in [0.5, 0.6) is 0 Å². The minimum absolute atomic E-state index is 0.153. The summed E-state index contributed by atoms with van der Waals surface area (Å²) in [4.78, 5) is 2.27. The second-order valence-corrected chi connectivity index (χ2v) is 12.6. The molecule has 4 rings (SSSR count). The molecule has 0 bridgehead atoms. The molecule has 8 heteroatoms. The molecule has 0 aliphatic carbocycles. The van der Waals surface area contributed by atoms with Crippen molar-refractivity contribution in [2.75, 3.05) is 31.5 Å². The molecule has 2 aliphatic heterocycles. The molecule has 1 N–H and O–H groups in total. The van der Waals surface area contributed by atoms with Gasteiger partial charge in [-0.2, -0.15) is 4.31 Å². The van der Waals surface area contributed by atoms with Crippen LogP contribution in [0.15, 0.2) is 39.9 Å². The number of hydrogen-bond acceptors (Lipinski definition) is 4. The van der Waals surface area contributed by atoms with Gasteiger partial charge in [0.2, 0.25) is 0 Å². The van der Waals surface area contributed by atoms with Gasteiger partial charge in [-0.15, -0.1) is 11.3 Å². The van der Waals surface area contributed by atoms with E-state index >= 15 is 0 Å². The molecule has 0 atom stereocenters. The first-order valence-electron chi connectivity index (χ1n) is 10.9. The van der Waals surface area contributed by atoms with E-state index in [0.29, 0.717) is 23.2 Å². The first-order chi connectivity index (χ1) is 14.7. The van der Waals surface area contributed by atoms with Crippen molar-refractivity contribution in [1.29, 1.82) is 0 Å². The average molecular weight is 478 g/mol. The van der Waals surface area contributed by atoms with Crippen molar-refractivity contribution in [3.63, 3.8) is 0 Å². The summed E-state index contributed by atoms with van der Waals surface area (Å²) in [5.41, 5.74) is 3.76. The highest BCUT2D eigenvalue weighted by Crippen LogP contribution is 2.42. The van der Waals surface area contributed by atoms with Gasteiger partial charge in [0.25, 0.3) is 10.0 Å². The highest BCUT2D eigenvalue weighted by Gasteiger charge is 2.43. The number of thiophene rings is 1. The fraction of sp³-hybridized carbons (Fsp3) is 0.522. The molecular weight excluding hydrogens is 446 g/mol. The van der Waals surface area contributed by atoms with Crippen molar-refractivity contribution >= 4 is 44.4 Å². The summed E-state index contributed by atoms with van der Waals surface area (Å²) in [6, 6.07) is 9.87. The Morgan fingerprint density at radius 2 is 1.84 bits per heavy atom. The van der Waals surface area contributed by atoms with Crippen LogP contribution in [0, 0.1) is 12.3 Å². The number of nitrogens with zero attached hydrogens (tertiary/aromatic N) is 2. The Labute approximate surface area is 195 Å². The molecular formula is C23H31N3O2S3. The van der Waals surface area contributed by atoms with Gasteiger partial charge in [-0.25, -0.2) is 8.42 Å². The number of nitrogens with one attached hydrogen (secondary N) is 1. The third kappa shape index (κ3) is 4.53. The maximum atomic E-state index is 12.8. The molecule has 31 heavy (non-hydrogen) atoms. The molecule has 2 aromatic rings. The molecule has 1 aromatic carbocycles. The number of rotatable bonds is 4. The quantitative estimate of drug-likeness (QED) is 0.624. The fourth-order valence-corrected chi connectivity index (χ4v) is 7.63. The Kier molecular flexibility index (Phi) is 6.45. The summed E-state index contributed by atoms with van der Waals surface area (Å²) >= 11 is 7.09. The van der Waals surface area contributed by atoms with E-state index < -0.39 is 10.0 Å². The molecule has 3 heterocycles. The summed E-state index contributed by atoms with van der Waals surface area (Å²) in [7, 11) is -3.35. The monoisotopic (exact) mass is 477 g/mol. The summed E-state index contributed by atoms with van der Waals surface area (Å²) in [6.45, 7) is 9.51. The third-order valence-electron chi connectivity index (χ3n) is 6.76. The minimum Gasteiger partial charge on any atom is -0.348 e. The van der Waals surface area contributed by atoms with Gasteiger partial charge < -0.3 is 10.2 Å². The average Bonchev–Trinajstić information content (AvgIpc) is 3.41. The topological polar surface area (TPSA) is 52.6 Å². The van der Waals surface area contributed by atoms with Gasteiger partial charge in [0.15, 0.2) is 5.11 Å². The van der Waals surface area contributed by atoms with Crippen LogP contribution >= 0.6 is 23.6 Å². The molecule has 1 spiro atoms. The van der Waals surface area contributed by atoms with Crippen LogP contribution in [0.1, 0.15) is 50.2 Å². The maximum absolute atomic E-state index is 12.8. The van der Waals surface area contributed by atoms with Crippen molar-refractivity contribution in [1.82, 2.24) is 9.21 Å². The van der Waals surface area contributed by atoms with Crippen molar-refractivity contribution < 1.29 is 8.42 Å². The van der Waals surface area contributed by atoms with Crippen LogP contribution in [-0.2, 0) is 10.0 Å². The highest BCUT2D eigenvalue weighted by molar-refractivity contribution is 7.91. The number of piperidine rings is 1. The number of likely N-dealkylation sites (tertiary alicyclic amines) is 1. The lowest BCUT2D eigenvalue weighted by atomic mass is 9.78. The van der Waals surface area contributed by atoms with Gasteiger partial charge >= 0.3 is 0 Å². The van der Waals surface area contributed by atoms with E-state index in [4.69, 9.17) is 12.2 Å². The van der Waals surface area contributed by atoms with E-state index in [9.17, 15) is 8.42 Å². The van der Waals surface area contributed by atoms with E-state index in [1.54, 1.807) is 16.4 Å². The van der Waals surface area contributed by atoms with Crippen LogP contribution in [0.25, 0.3) is 0 Å². The SMILES string of the molecule is Cc1cccc(C(C)C)c1NC(=S)N1CCC2(CCN(S(=O)(=O)c3cccs3)CC2)C1. The molecule has 2 saturated heterocycles. The predicted molar refractivity (Wildman–Crippen MR) is 132 cm³/mol. The van der Waals surface area contributed by atoms with Gasteiger partial charge in [-0.05, 0) is 72.3 Å². The van der Waals surface area contributed by atoms with Crippen molar-refractivity contribution in [3.8, 4) is 0 Å². The number of benzene rings is 1. The maximum Gasteiger partial charge on any atom is 0.252 e. The highest BCUT2D eigenvalue weighted by atomic mass is 32.2. The molecule has 5 nitrogen and oxygen atoms in total. The standard InChI is InChI=1S/C23H31N3O2S3/c1-17(2)19-7-4-6-18(3)21(19)24-22(29)25-12-9-23(16-25)10-13-26(14-11-23)31(27,28)20-8-5-15-30-20/h4-8,15,17H,9-14,16H2,1-3H3,(H,24,29). The number of aryl methyl sites for hydroxylation is 1. The Bertz CT molecular complexity index is 1040. The molecule has 168 valence electrons. The van der Waals surface area contributed by atoms with E-state index in [0.717, 1.165) is 43.2 Å². The number of thiocarbonyl (C=S) groups is 1. The zero-order chi connectivity index (χ0) is 22.2. The summed E-state index contributed by atoms with van der Waals surface area (Å²) < 4.78 is 27.8. The van der Waals surface area contributed by atoms with E-state index in [1.165, 1.54) is 22.5 Å². The molecule has 0 amide bonds. The van der Waals surface area contributed by atoms with Gasteiger partial charge in [-0.3, -0.25) is 0 Å². The van der Waals surface area contributed by atoms with Crippen LogP contribution < -0.4 is 5.32 Å². The smallest absolute Gasteiger partial charge is 0.252 e. The van der Waals surface area contributed by atoms with Crippen LogP contribution in [0.4, 0.5) is 5.69 Å². The lowest BCUT2D eigenvalue weighted by molar-refractivity contribution is 0.167. The third-order valence-corrected chi connectivity index (χ3v) is 10.4. The van der Waals surface area contributed by atoms with E-state index in [-0.39, 0.29) is 5.41 Å². The van der Waals surface area contributed by atoms with Gasteiger partial charge in [-0.1, -0.05) is 38.1 Å². The molecule has 2 aliphatic rings. The molecule has 0 unspecified atom stereocenters. The minimum atomic E-state index is -3.35. The van der Waals surface area contributed by atoms with Gasteiger partial charge in [0, 0.05) is 31.9 Å². The molecule has 0 radical (unpaired) electrons. The lowest BCUT2D eigenvalue weighted by Crippen LogP contribution is -2.44. The fourth-order valence-electron chi connectivity index (χ4n) is 4.78. The van der Waals surface area contributed by atoms with E-state index in [2.05, 4.69) is 49.2 Å². The Balaban J connectivity index is 1.40. The molecule has 2 fully saturated rings. The Morgan fingerprint density at radius 1 is 1.13 bits per heavy atom. The number of anilines is 1. The molecule has 1 aromatic heterocycles. The summed E-state index contributed by atoms with van der Waals surface area (Å²) in [6.07, 6.45) is 2.84. The number of para-hydroxylation sites is 1. The second kappa shape index (κ2) is 8.81. The van der Waals surface area contributed by atoms with Crippen LogP contribution in [0.2, 0.25) is 0 Å². The summed E-state index contributed by atoms with van der Waals surface area (Å²) in [5, 5.41) is 6.13. The van der Waals surface area contributed by atoms with Gasteiger partial charge in [0.05, 0.1) is 0 Å².